The molecular weight excluding hydrogens is 414 g/mol. The number of ketones is 1. The van der Waals surface area contributed by atoms with E-state index in [0.717, 1.165) is 5.56 Å². The van der Waals surface area contributed by atoms with Crippen LogP contribution in [0, 0.1) is 6.92 Å². The molecule has 5 nitrogen and oxygen atoms in total. The summed E-state index contributed by atoms with van der Waals surface area (Å²) in [5.41, 5.74) is 2.48. The number of nitrogens with zero attached hydrogens (tertiary/aromatic N) is 1. The lowest BCUT2D eigenvalue weighted by Crippen LogP contribution is -2.29. The minimum Gasteiger partial charge on any atom is -0.507 e. The predicted molar refractivity (Wildman–Crippen MR) is 120 cm³/mol. The largest absolute Gasteiger partial charge is 0.507 e. The molecule has 1 saturated heterocycles. The molecular formula is C25H20ClNO4. The topological polar surface area (TPSA) is 66.8 Å². The number of aliphatic hydroxyl groups is 1. The maximum absolute atomic E-state index is 13.1. The minimum absolute atomic E-state index is 0.0260. The normalized spacial score (nSPS) is 17.8. The highest BCUT2D eigenvalue weighted by atomic mass is 35.5. The molecule has 1 amide bonds. The highest BCUT2D eigenvalue weighted by molar-refractivity contribution is 6.51. The first-order valence-electron chi connectivity index (χ1n) is 9.69. The van der Waals surface area contributed by atoms with E-state index in [1.165, 1.54) is 4.90 Å². The van der Waals surface area contributed by atoms with Gasteiger partial charge in [0.2, 0.25) is 0 Å². The molecule has 6 heteroatoms. The number of aryl methyl sites for hydroxylation is 1. The summed E-state index contributed by atoms with van der Waals surface area (Å²) in [6.07, 6.45) is 0. The Balaban J connectivity index is 1.94. The van der Waals surface area contributed by atoms with Crippen LogP contribution >= 0.6 is 11.6 Å². The number of carbonyl (C=O) groups is 2. The second-order valence-corrected chi connectivity index (χ2v) is 7.65. The Labute approximate surface area is 185 Å². The summed E-state index contributed by atoms with van der Waals surface area (Å²) < 4.78 is 5.23. The number of hydrogen-bond acceptors (Lipinski definition) is 4. The van der Waals surface area contributed by atoms with Gasteiger partial charge in [0.05, 0.1) is 18.7 Å². The molecule has 1 aliphatic rings. The number of Topliss-reactive ketones (excluding diaryl/α,β-unsaturated/α-hetero) is 1. The molecule has 1 heterocycles. The molecule has 1 fully saturated rings. The van der Waals surface area contributed by atoms with Crippen LogP contribution in [-0.2, 0) is 9.59 Å². The van der Waals surface area contributed by atoms with E-state index in [0.29, 0.717) is 27.6 Å². The maximum atomic E-state index is 13.1. The summed E-state index contributed by atoms with van der Waals surface area (Å²) in [6.45, 7) is 1.86. The van der Waals surface area contributed by atoms with Crippen molar-refractivity contribution in [2.75, 3.05) is 12.0 Å². The van der Waals surface area contributed by atoms with Gasteiger partial charge in [-0.3, -0.25) is 14.5 Å². The van der Waals surface area contributed by atoms with Crippen molar-refractivity contribution in [1.29, 1.82) is 0 Å². The highest BCUT2D eigenvalue weighted by Gasteiger charge is 2.47. The summed E-state index contributed by atoms with van der Waals surface area (Å²) in [6, 6.07) is 20.1. The van der Waals surface area contributed by atoms with Crippen molar-refractivity contribution < 1.29 is 19.4 Å². The number of hydrogen-bond donors (Lipinski definition) is 1. The van der Waals surface area contributed by atoms with Crippen molar-refractivity contribution in [3.8, 4) is 5.75 Å². The summed E-state index contributed by atoms with van der Waals surface area (Å²) in [4.78, 5) is 27.6. The van der Waals surface area contributed by atoms with E-state index >= 15 is 0 Å². The zero-order valence-electron chi connectivity index (χ0n) is 17.0. The molecule has 156 valence electrons. The van der Waals surface area contributed by atoms with Crippen LogP contribution < -0.4 is 9.64 Å². The molecule has 31 heavy (non-hydrogen) atoms. The molecule has 1 aliphatic heterocycles. The fourth-order valence-electron chi connectivity index (χ4n) is 3.68. The van der Waals surface area contributed by atoms with Gasteiger partial charge in [0.15, 0.2) is 0 Å². The molecule has 1 N–H and O–H groups in total. The van der Waals surface area contributed by atoms with Crippen LogP contribution in [-0.4, -0.2) is 23.9 Å². The van der Waals surface area contributed by atoms with Crippen molar-refractivity contribution in [3.05, 3.63) is 100 Å². The fraction of sp³-hybridized carbons (Fsp3) is 0.120. The average Bonchev–Trinajstić information content (AvgIpc) is 3.06. The Bertz CT molecular complexity index is 1190. The van der Waals surface area contributed by atoms with Gasteiger partial charge in [-0.2, -0.15) is 0 Å². The second kappa shape index (κ2) is 8.28. The number of carbonyl (C=O) groups excluding carboxylic acids is 2. The lowest BCUT2D eigenvalue weighted by atomic mass is 9.95. The van der Waals surface area contributed by atoms with Gasteiger partial charge in [-0.15, -0.1) is 0 Å². The number of ether oxygens (including phenoxy) is 1. The number of anilines is 1. The van der Waals surface area contributed by atoms with Gasteiger partial charge in [0, 0.05) is 16.3 Å². The van der Waals surface area contributed by atoms with Crippen molar-refractivity contribution >= 4 is 34.7 Å². The summed E-state index contributed by atoms with van der Waals surface area (Å²) in [5.74, 6) is -1.06. The molecule has 0 saturated carbocycles. The molecule has 0 bridgehead atoms. The van der Waals surface area contributed by atoms with Gasteiger partial charge in [0.1, 0.15) is 11.5 Å². The van der Waals surface area contributed by atoms with E-state index < -0.39 is 17.7 Å². The molecule has 1 unspecified atom stereocenters. The molecule has 0 radical (unpaired) electrons. The fourth-order valence-corrected chi connectivity index (χ4v) is 3.86. The Morgan fingerprint density at radius 2 is 1.68 bits per heavy atom. The second-order valence-electron chi connectivity index (χ2n) is 7.24. The van der Waals surface area contributed by atoms with Gasteiger partial charge in [-0.05, 0) is 42.3 Å². The van der Waals surface area contributed by atoms with Gasteiger partial charge in [0.25, 0.3) is 11.7 Å². The summed E-state index contributed by atoms with van der Waals surface area (Å²) in [5, 5.41) is 11.5. The molecule has 0 aromatic heterocycles. The first-order chi connectivity index (χ1) is 14.9. The quantitative estimate of drug-likeness (QED) is 0.345. The van der Waals surface area contributed by atoms with Crippen molar-refractivity contribution in [1.82, 2.24) is 0 Å². The Hall–Kier alpha value is -3.57. The van der Waals surface area contributed by atoms with Crippen LogP contribution in [0.1, 0.15) is 22.7 Å². The zero-order chi connectivity index (χ0) is 22.1. The number of rotatable bonds is 4. The maximum Gasteiger partial charge on any atom is 0.300 e. The zero-order valence-corrected chi connectivity index (χ0v) is 17.8. The van der Waals surface area contributed by atoms with Crippen molar-refractivity contribution in [2.45, 2.75) is 13.0 Å². The van der Waals surface area contributed by atoms with Crippen molar-refractivity contribution in [2.24, 2.45) is 0 Å². The third kappa shape index (κ3) is 3.68. The smallest absolute Gasteiger partial charge is 0.300 e. The number of halogens is 1. The molecule has 3 aromatic rings. The van der Waals surface area contributed by atoms with Crippen molar-refractivity contribution in [3.63, 3.8) is 0 Å². The van der Waals surface area contributed by atoms with E-state index in [-0.39, 0.29) is 11.3 Å². The van der Waals surface area contributed by atoms with Gasteiger partial charge >= 0.3 is 0 Å². The standard InChI is InChI=1S/C25H20ClNO4/c1-15-8-11-18(14-20(15)26)27-22(16-9-12-19(31-2)13-10-16)21(24(29)25(27)30)23(28)17-6-4-3-5-7-17/h3-14,22,28H,1-2H3/b23-21+. The van der Waals surface area contributed by atoms with Crippen LogP contribution in [0.5, 0.6) is 5.75 Å². The number of amides is 1. The lowest BCUT2D eigenvalue weighted by Gasteiger charge is -2.26. The van der Waals surface area contributed by atoms with E-state index in [1.54, 1.807) is 73.8 Å². The minimum atomic E-state index is -0.815. The average molecular weight is 434 g/mol. The first-order valence-corrected chi connectivity index (χ1v) is 10.1. The number of aliphatic hydroxyl groups excluding tert-OH is 1. The summed E-state index contributed by atoms with van der Waals surface area (Å²) in [7, 11) is 1.56. The monoisotopic (exact) mass is 433 g/mol. The van der Waals surface area contributed by atoms with Gasteiger partial charge in [-0.1, -0.05) is 60.1 Å². The van der Waals surface area contributed by atoms with E-state index in [1.807, 2.05) is 13.0 Å². The van der Waals surface area contributed by atoms with Gasteiger partial charge in [-0.25, -0.2) is 0 Å². The lowest BCUT2D eigenvalue weighted by molar-refractivity contribution is -0.132. The molecule has 0 aliphatic carbocycles. The number of methoxy groups -OCH3 is 1. The predicted octanol–water partition coefficient (Wildman–Crippen LogP) is 5.28. The van der Waals surface area contributed by atoms with Crippen LogP contribution in [0.15, 0.2) is 78.4 Å². The third-order valence-electron chi connectivity index (χ3n) is 5.36. The van der Waals surface area contributed by atoms with Gasteiger partial charge < -0.3 is 9.84 Å². The number of benzene rings is 3. The van der Waals surface area contributed by atoms with E-state index in [9.17, 15) is 14.7 Å². The first kappa shape index (κ1) is 20.7. The SMILES string of the molecule is COc1ccc(C2/C(=C(\O)c3ccccc3)C(=O)C(=O)N2c2ccc(C)c(Cl)c2)cc1. The third-order valence-corrected chi connectivity index (χ3v) is 5.76. The Kier molecular flexibility index (Phi) is 5.53. The molecule has 1 atom stereocenters. The molecule has 3 aromatic carbocycles. The molecule has 4 rings (SSSR count). The Morgan fingerprint density at radius 3 is 2.29 bits per heavy atom. The van der Waals surface area contributed by atoms with Crippen LogP contribution in [0.3, 0.4) is 0 Å². The summed E-state index contributed by atoms with van der Waals surface area (Å²) >= 11 is 6.30. The van der Waals surface area contributed by atoms with E-state index in [4.69, 9.17) is 16.3 Å². The van der Waals surface area contributed by atoms with Crippen LogP contribution in [0.4, 0.5) is 5.69 Å². The molecule has 0 spiro atoms. The van der Waals surface area contributed by atoms with Crippen LogP contribution in [0.25, 0.3) is 5.76 Å². The van der Waals surface area contributed by atoms with Crippen LogP contribution in [0.2, 0.25) is 5.02 Å². The highest BCUT2D eigenvalue weighted by Crippen LogP contribution is 2.43. The van der Waals surface area contributed by atoms with E-state index in [2.05, 4.69) is 0 Å². The Morgan fingerprint density at radius 1 is 1.00 bits per heavy atom.